The molecule has 4 heterocycles. The van der Waals surface area contributed by atoms with Gasteiger partial charge in [0.25, 0.3) is 0 Å². The Bertz CT molecular complexity index is 3370. The van der Waals surface area contributed by atoms with Gasteiger partial charge in [0.15, 0.2) is 0 Å². The number of hydrogen-bond donors (Lipinski definition) is 1. The number of fused-ring (bicyclic) bond motifs is 7. The first-order valence-electron chi connectivity index (χ1n) is 21.5. The minimum atomic E-state index is -1.46. The summed E-state index contributed by atoms with van der Waals surface area (Å²) < 4.78 is 7.12. The van der Waals surface area contributed by atoms with Crippen molar-refractivity contribution in [3.63, 3.8) is 0 Å². The summed E-state index contributed by atoms with van der Waals surface area (Å²) in [6.45, 7) is 2.25. The number of pyridine rings is 3. The lowest BCUT2D eigenvalue weighted by atomic mass is 9.75. The Kier molecular flexibility index (Phi) is 9.48. The van der Waals surface area contributed by atoms with E-state index in [1.54, 1.807) is 6.20 Å². The predicted octanol–water partition coefficient (Wildman–Crippen LogP) is 13.4. The van der Waals surface area contributed by atoms with E-state index in [1.807, 2.05) is 72.9 Å². The molecule has 4 aromatic heterocycles. The molecule has 0 spiro atoms. The Hall–Kier alpha value is -7.73. The molecule has 0 aliphatic rings. The summed E-state index contributed by atoms with van der Waals surface area (Å²) in [5.41, 5.74) is 8.85. The number of benzene rings is 7. The van der Waals surface area contributed by atoms with Crippen molar-refractivity contribution in [2.45, 2.75) is 30.8 Å². The molecule has 11 rings (SSSR count). The highest BCUT2D eigenvalue weighted by Crippen LogP contribution is 2.43. The van der Waals surface area contributed by atoms with Gasteiger partial charge in [-0.1, -0.05) is 146 Å². The van der Waals surface area contributed by atoms with Gasteiger partial charge in [0, 0.05) is 58.1 Å². The van der Waals surface area contributed by atoms with Gasteiger partial charge in [0.1, 0.15) is 16.8 Å². The van der Waals surface area contributed by atoms with Crippen LogP contribution in [0.25, 0.3) is 65.9 Å². The van der Waals surface area contributed by atoms with E-state index in [0.717, 1.165) is 88.4 Å². The number of aliphatic hydroxyl groups is 1. The normalized spacial score (nSPS) is 13.6. The first-order valence-corrected chi connectivity index (χ1v) is 21.5. The van der Waals surface area contributed by atoms with E-state index in [2.05, 4.69) is 140 Å². The van der Waals surface area contributed by atoms with Crippen molar-refractivity contribution in [1.82, 2.24) is 15.0 Å². The summed E-state index contributed by atoms with van der Waals surface area (Å²) in [4.78, 5) is 15.1. The van der Waals surface area contributed by atoms with E-state index in [0.29, 0.717) is 12.1 Å². The number of rotatable bonds is 10. The average molecular weight is 814 g/mol. The van der Waals surface area contributed by atoms with Crippen molar-refractivity contribution >= 4 is 43.5 Å². The molecule has 5 nitrogen and oxygen atoms in total. The molecular weight excluding hydrogens is 771 g/mol. The summed E-state index contributed by atoms with van der Waals surface area (Å²) in [7, 11) is 0. The molecule has 0 bridgehead atoms. The fourth-order valence-electron chi connectivity index (χ4n) is 9.51. The van der Waals surface area contributed by atoms with E-state index in [-0.39, 0.29) is 6.42 Å². The van der Waals surface area contributed by atoms with Gasteiger partial charge in [-0.3, -0.25) is 15.0 Å². The summed E-state index contributed by atoms with van der Waals surface area (Å²) in [5, 5.41) is 19.6. The van der Waals surface area contributed by atoms with Crippen LogP contribution < -0.4 is 0 Å². The molecule has 11 aromatic rings. The number of aromatic nitrogens is 3. The number of nitrogens with zero attached hydrogens (tertiary/aromatic N) is 3. The zero-order chi connectivity index (χ0) is 42.4. The second-order valence-corrected chi connectivity index (χ2v) is 16.7. The van der Waals surface area contributed by atoms with E-state index < -0.39 is 11.0 Å². The summed E-state index contributed by atoms with van der Waals surface area (Å²) >= 11 is 0. The van der Waals surface area contributed by atoms with Gasteiger partial charge in [-0.15, -0.1) is 0 Å². The van der Waals surface area contributed by atoms with Gasteiger partial charge >= 0.3 is 0 Å². The molecule has 5 heteroatoms. The van der Waals surface area contributed by atoms with Crippen LogP contribution in [-0.2, 0) is 23.9 Å². The Morgan fingerprint density at radius 3 is 1.92 bits per heavy atom. The molecule has 0 aliphatic carbocycles. The van der Waals surface area contributed by atoms with Gasteiger partial charge in [-0.05, 0) is 105 Å². The zero-order valence-electron chi connectivity index (χ0n) is 34.8. The van der Waals surface area contributed by atoms with Crippen molar-refractivity contribution in [2.24, 2.45) is 0 Å². The third kappa shape index (κ3) is 6.84. The van der Waals surface area contributed by atoms with Gasteiger partial charge in [-0.25, -0.2) is 0 Å². The maximum atomic E-state index is 13.1. The zero-order valence-corrected chi connectivity index (χ0v) is 34.8. The Morgan fingerprint density at radius 1 is 0.492 bits per heavy atom. The van der Waals surface area contributed by atoms with Crippen LogP contribution in [-0.4, -0.2) is 20.1 Å². The SMILES string of the molecule is CC(Cc1cccc(-c2cc(CC(O)(c3ccc(-c4ccccc4)cc3)c3ccccn3)cc3c2oc2c3ccc3ccc4ccccc4c32)n1)(c1ccccc1)c1ccccn1. The molecule has 0 amide bonds. The standard InChI is InChI=1S/C58H43N3O2/c1-57(44-18-6-3-7-19-44,52-23-10-12-33-59-52)38-46-20-14-22-51(61-46)50-36-39(35-49-48-32-29-43-26-25-42-17-8-9-21-47(42)54(43)56(48)63-55(49)50)37-58(62,53-24-11-13-34-60-53)45-30-27-41(28-31-45)40-15-4-2-5-16-40/h2-36,62H,37-38H2,1H3. The van der Waals surface area contributed by atoms with Gasteiger partial charge in [0.05, 0.1) is 17.1 Å². The molecule has 1 N–H and O–H groups in total. The van der Waals surface area contributed by atoms with Crippen LogP contribution in [0.5, 0.6) is 0 Å². The molecule has 0 radical (unpaired) electrons. The summed E-state index contributed by atoms with van der Waals surface area (Å²) in [6.07, 6.45) is 4.49. The lowest BCUT2D eigenvalue weighted by Crippen LogP contribution is -2.31. The lowest BCUT2D eigenvalue weighted by molar-refractivity contribution is 0.0765. The van der Waals surface area contributed by atoms with Crippen LogP contribution in [0.2, 0.25) is 0 Å². The highest BCUT2D eigenvalue weighted by molar-refractivity contribution is 6.24. The van der Waals surface area contributed by atoms with Crippen LogP contribution in [0, 0.1) is 0 Å². The second kappa shape index (κ2) is 15.6. The molecule has 0 saturated carbocycles. The highest BCUT2D eigenvalue weighted by atomic mass is 16.3. The van der Waals surface area contributed by atoms with Crippen molar-refractivity contribution in [3.8, 4) is 22.4 Å². The molecule has 302 valence electrons. The number of hydrogen-bond acceptors (Lipinski definition) is 5. The van der Waals surface area contributed by atoms with E-state index in [1.165, 1.54) is 5.56 Å². The molecule has 0 aliphatic heterocycles. The van der Waals surface area contributed by atoms with E-state index in [9.17, 15) is 5.11 Å². The Labute approximate surface area is 366 Å². The molecule has 2 atom stereocenters. The third-order valence-electron chi connectivity index (χ3n) is 12.8. The maximum absolute atomic E-state index is 13.1. The van der Waals surface area contributed by atoms with Crippen LogP contribution in [0.4, 0.5) is 0 Å². The van der Waals surface area contributed by atoms with Crippen molar-refractivity contribution in [3.05, 3.63) is 246 Å². The maximum Gasteiger partial charge on any atom is 0.144 e. The number of furan rings is 1. The largest absolute Gasteiger partial charge is 0.455 e. The smallest absolute Gasteiger partial charge is 0.144 e. The Morgan fingerprint density at radius 2 is 1.16 bits per heavy atom. The summed E-state index contributed by atoms with van der Waals surface area (Å²) in [5.74, 6) is 0. The summed E-state index contributed by atoms with van der Waals surface area (Å²) in [6, 6.07) is 68.7. The lowest BCUT2D eigenvalue weighted by Gasteiger charge is -2.30. The first kappa shape index (κ1) is 38.2. The third-order valence-corrected chi connectivity index (χ3v) is 12.8. The fraction of sp³-hybridized carbons (Fsp3) is 0.0862. The van der Waals surface area contributed by atoms with Gasteiger partial charge < -0.3 is 9.52 Å². The van der Waals surface area contributed by atoms with Gasteiger partial charge in [0.2, 0.25) is 0 Å². The second-order valence-electron chi connectivity index (χ2n) is 16.7. The first-order chi connectivity index (χ1) is 30.9. The molecule has 7 aromatic carbocycles. The van der Waals surface area contributed by atoms with E-state index >= 15 is 0 Å². The van der Waals surface area contributed by atoms with Crippen LogP contribution in [0.1, 0.15) is 40.7 Å². The van der Waals surface area contributed by atoms with Crippen LogP contribution in [0.15, 0.2) is 217 Å². The average Bonchev–Trinajstić information content (AvgIpc) is 3.73. The molecule has 0 fully saturated rings. The molecule has 2 unspecified atom stereocenters. The minimum absolute atomic E-state index is 0.256. The molecule has 63 heavy (non-hydrogen) atoms. The molecular formula is C58H43N3O2. The minimum Gasteiger partial charge on any atom is -0.455 e. The van der Waals surface area contributed by atoms with Crippen molar-refractivity contribution < 1.29 is 9.52 Å². The fourth-order valence-corrected chi connectivity index (χ4v) is 9.51. The van der Waals surface area contributed by atoms with Gasteiger partial charge in [-0.2, -0.15) is 0 Å². The van der Waals surface area contributed by atoms with Crippen molar-refractivity contribution in [2.75, 3.05) is 0 Å². The predicted molar refractivity (Wildman–Crippen MR) is 256 cm³/mol. The molecule has 0 saturated heterocycles. The highest BCUT2D eigenvalue weighted by Gasteiger charge is 2.35. The van der Waals surface area contributed by atoms with Crippen LogP contribution in [0.3, 0.4) is 0 Å². The monoisotopic (exact) mass is 813 g/mol. The van der Waals surface area contributed by atoms with Crippen LogP contribution >= 0.6 is 0 Å². The van der Waals surface area contributed by atoms with Crippen molar-refractivity contribution in [1.29, 1.82) is 0 Å². The van der Waals surface area contributed by atoms with E-state index in [4.69, 9.17) is 19.4 Å². The quantitative estimate of drug-likeness (QED) is 0.139. The topological polar surface area (TPSA) is 72.0 Å². The Balaban J connectivity index is 1.10.